The molecule has 0 saturated carbocycles. The Kier molecular flexibility index (Phi) is 4.89. The van der Waals surface area contributed by atoms with Crippen molar-refractivity contribution in [3.63, 3.8) is 0 Å². The minimum atomic E-state index is -0.168. The fraction of sp³-hybridized carbons (Fsp3) is 0.231. The molecule has 1 amide bonds. The Balaban J connectivity index is 1.79. The molecule has 0 fully saturated rings. The van der Waals surface area contributed by atoms with E-state index in [4.69, 9.17) is 0 Å². The molecule has 0 bridgehead atoms. The van der Waals surface area contributed by atoms with Crippen molar-refractivity contribution in [3.05, 3.63) is 41.9 Å². The first-order valence-corrected chi connectivity index (χ1v) is 6.99. The van der Waals surface area contributed by atoms with E-state index in [1.165, 1.54) is 11.8 Å². The third-order valence-electron chi connectivity index (χ3n) is 2.43. The van der Waals surface area contributed by atoms with Crippen LogP contribution in [-0.2, 0) is 11.8 Å². The number of thioether (sulfide) groups is 1. The van der Waals surface area contributed by atoms with Crippen LogP contribution in [0, 0.1) is 6.92 Å². The van der Waals surface area contributed by atoms with Gasteiger partial charge < -0.3 is 0 Å². The molecule has 0 aromatic carbocycles. The molecule has 0 aliphatic rings. The number of carbonyl (C=O) groups excluding carboxylic acids is 1. The first kappa shape index (κ1) is 14.3. The van der Waals surface area contributed by atoms with E-state index in [2.05, 4.69) is 20.6 Å². The van der Waals surface area contributed by atoms with Gasteiger partial charge in [0, 0.05) is 25.0 Å². The fourth-order valence-electron chi connectivity index (χ4n) is 1.52. The Hall–Kier alpha value is -2.15. The minimum Gasteiger partial charge on any atom is -0.275 e. The van der Waals surface area contributed by atoms with Crippen LogP contribution in [0.1, 0.15) is 11.3 Å². The molecule has 0 atom stereocenters. The summed E-state index contributed by atoms with van der Waals surface area (Å²) in [4.78, 5) is 15.7. The average Bonchev–Trinajstić information content (AvgIpc) is 2.76. The second-order valence-corrected chi connectivity index (χ2v) is 5.09. The summed E-state index contributed by atoms with van der Waals surface area (Å²) < 4.78 is 1.70. The number of aryl methyl sites for hydroxylation is 2. The smallest absolute Gasteiger partial charge is 0.250 e. The zero-order chi connectivity index (χ0) is 14.4. The largest absolute Gasteiger partial charge is 0.275 e. The molecule has 2 aromatic rings. The number of amides is 1. The van der Waals surface area contributed by atoms with Gasteiger partial charge in [-0.05, 0) is 19.1 Å². The first-order valence-electron chi connectivity index (χ1n) is 6.01. The van der Waals surface area contributed by atoms with E-state index in [9.17, 15) is 4.79 Å². The van der Waals surface area contributed by atoms with Gasteiger partial charge in [0.15, 0.2) is 0 Å². The molecule has 104 valence electrons. The summed E-state index contributed by atoms with van der Waals surface area (Å²) in [5.41, 5.74) is 4.23. The molecule has 0 unspecified atom stereocenters. The zero-order valence-electron chi connectivity index (χ0n) is 11.3. The lowest BCUT2D eigenvalue weighted by Crippen LogP contribution is -2.19. The number of nitrogens with one attached hydrogen (secondary N) is 1. The maximum absolute atomic E-state index is 11.6. The van der Waals surface area contributed by atoms with Crippen LogP contribution in [0.15, 0.2) is 40.7 Å². The molecule has 20 heavy (non-hydrogen) atoms. The van der Waals surface area contributed by atoms with Crippen LogP contribution in [0.5, 0.6) is 0 Å². The van der Waals surface area contributed by atoms with Crippen molar-refractivity contribution in [3.8, 4) is 0 Å². The molecule has 0 spiro atoms. The zero-order valence-corrected chi connectivity index (χ0v) is 12.1. The highest BCUT2D eigenvalue weighted by Crippen LogP contribution is 2.12. The van der Waals surface area contributed by atoms with E-state index < -0.39 is 0 Å². The number of rotatable bonds is 5. The van der Waals surface area contributed by atoms with Crippen molar-refractivity contribution < 1.29 is 4.79 Å². The van der Waals surface area contributed by atoms with Crippen molar-refractivity contribution in [1.29, 1.82) is 0 Å². The van der Waals surface area contributed by atoms with Crippen molar-refractivity contribution >= 4 is 23.9 Å². The van der Waals surface area contributed by atoms with Crippen LogP contribution in [0.2, 0.25) is 0 Å². The third kappa shape index (κ3) is 4.20. The molecule has 0 saturated heterocycles. The van der Waals surface area contributed by atoms with Crippen molar-refractivity contribution in [2.45, 2.75) is 11.9 Å². The second-order valence-electron chi connectivity index (χ2n) is 4.09. The number of hydrogen-bond donors (Lipinski definition) is 1. The molecule has 6 nitrogen and oxygen atoms in total. The van der Waals surface area contributed by atoms with Crippen molar-refractivity contribution in [2.75, 3.05) is 5.75 Å². The summed E-state index contributed by atoms with van der Waals surface area (Å²) in [6.07, 6.45) is 5.13. The second kappa shape index (κ2) is 6.85. The summed E-state index contributed by atoms with van der Waals surface area (Å²) >= 11 is 1.37. The van der Waals surface area contributed by atoms with Crippen molar-refractivity contribution in [2.24, 2.45) is 12.1 Å². The molecule has 2 aromatic heterocycles. The fourth-order valence-corrected chi connectivity index (χ4v) is 2.18. The molecule has 7 heteroatoms. The van der Waals surface area contributed by atoms with Gasteiger partial charge in [-0.3, -0.25) is 9.48 Å². The number of aromatic nitrogens is 3. The van der Waals surface area contributed by atoms with Gasteiger partial charge in [-0.2, -0.15) is 10.2 Å². The lowest BCUT2D eigenvalue weighted by Gasteiger charge is -1.99. The molecule has 1 N–H and O–H groups in total. The Labute approximate surface area is 121 Å². The van der Waals surface area contributed by atoms with Gasteiger partial charge in [0.2, 0.25) is 5.91 Å². The molecule has 2 rings (SSSR count). The summed E-state index contributed by atoms with van der Waals surface area (Å²) in [6.45, 7) is 1.89. The normalized spacial score (nSPS) is 10.9. The number of carbonyl (C=O) groups is 1. The van der Waals surface area contributed by atoms with E-state index in [0.717, 1.165) is 16.3 Å². The van der Waals surface area contributed by atoms with Gasteiger partial charge >= 0.3 is 0 Å². The highest BCUT2D eigenvalue weighted by Gasteiger charge is 2.03. The molecular weight excluding hydrogens is 274 g/mol. The minimum absolute atomic E-state index is 0.168. The summed E-state index contributed by atoms with van der Waals surface area (Å²) in [5.74, 6) is 0.110. The van der Waals surface area contributed by atoms with Gasteiger partial charge in [-0.15, -0.1) is 0 Å². The van der Waals surface area contributed by atoms with E-state index in [-0.39, 0.29) is 11.7 Å². The number of nitrogens with zero attached hydrogens (tertiary/aromatic N) is 4. The van der Waals surface area contributed by atoms with Crippen molar-refractivity contribution in [1.82, 2.24) is 20.2 Å². The standard InChI is InChI=1S/C13H15N5OS/c1-10-11(8-18(2)17-10)7-15-16-12(19)9-20-13-5-3-4-6-14-13/h3-8H,9H2,1-2H3,(H,16,19). The van der Waals surface area contributed by atoms with E-state index in [0.29, 0.717) is 0 Å². The molecule has 0 radical (unpaired) electrons. The lowest BCUT2D eigenvalue weighted by molar-refractivity contribution is -0.118. The summed E-state index contributed by atoms with van der Waals surface area (Å²) in [5, 5.41) is 8.92. The van der Waals surface area contributed by atoms with Crippen LogP contribution in [0.3, 0.4) is 0 Å². The quantitative estimate of drug-likeness (QED) is 0.512. The van der Waals surface area contributed by atoms with E-state index in [1.54, 1.807) is 17.1 Å². The Morgan fingerprint density at radius 3 is 3.05 bits per heavy atom. The number of pyridine rings is 1. The van der Waals surface area contributed by atoms with E-state index in [1.807, 2.05) is 38.4 Å². The first-order chi connectivity index (χ1) is 9.65. The van der Waals surface area contributed by atoms with Crippen LogP contribution < -0.4 is 5.43 Å². The van der Waals surface area contributed by atoms with E-state index >= 15 is 0 Å². The van der Waals surface area contributed by atoms with Crippen LogP contribution in [0.25, 0.3) is 0 Å². The van der Waals surface area contributed by atoms with Gasteiger partial charge in [-0.1, -0.05) is 17.8 Å². The van der Waals surface area contributed by atoms with Gasteiger partial charge in [-0.25, -0.2) is 10.4 Å². The van der Waals surface area contributed by atoms with Gasteiger partial charge in [0.05, 0.1) is 22.7 Å². The van der Waals surface area contributed by atoms with Crippen LogP contribution in [0.4, 0.5) is 0 Å². The highest BCUT2D eigenvalue weighted by molar-refractivity contribution is 7.99. The molecule has 0 aliphatic heterocycles. The Morgan fingerprint density at radius 2 is 2.40 bits per heavy atom. The van der Waals surface area contributed by atoms with Crippen LogP contribution in [-0.4, -0.2) is 32.6 Å². The van der Waals surface area contributed by atoms with Gasteiger partial charge in [0.25, 0.3) is 0 Å². The van der Waals surface area contributed by atoms with Crippen LogP contribution >= 0.6 is 11.8 Å². The maximum Gasteiger partial charge on any atom is 0.250 e. The monoisotopic (exact) mass is 289 g/mol. The molecular formula is C13H15N5OS. The predicted molar refractivity (Wildman–Crippen MR) is 78.6 cm³/mol. The maximum atomic E-state index is 11.6. The number of hydrogen-bond acceptors (Lipinski definition) is 5. The predicted octanol–water partition coefficient (Wildman–Crippen LogP) is 1.37. The average molecular weight is 289 g/mol. The SMILES string of the molecule is Cc1nn(C)cc1C=NNC(=O)CSc1ccccn1. The Bertz CT molecular complexity index is 608. The third-order valence-corrected chi connectivity index (χ3v) is 3.38. The Morgan fingerprint density at radius 1 is 1.55 bits per heavy atom. The molecule has 2 heterocycles. The highest BCUT2D eigenvalue weighted by atomic mass is 32.2. The van der Waals surface area contributed by atoms with Gasteiger partial charge in [0.1, 0.15) is 0 Å². The summed E-state index contributed by atoms with van der Waals surface area (Å²) in [6, 6.07) is 5.58. The number of hydrazone groups is 1. The molecule has 0 aliphatic carbocycles. The summed E-state index contributed by atoms with van der Waals surface area (Å²) in [7, 11) is 1.84. The lowest BCUT2D eigenvalue weighted by atomic mass is 10.3. The topological polar surface area (TPSA) is 72.2 Å².